The molecule has 9 rings (SSSR count). The van der Waals surface area contributed by atoms with E-state index in [4.69, 9.17) is 4.98 Å². The Bertz CT molecular complexity index is 2700. The summed E-state index contributed by atoms with van der Waals surface area (Å²) in [7, 11) is 0. The Labute approximate surface area is 322 Å². The molecule has 1 aromatic heterocycles. The number of hydrogen-bond acceptors (Lipinski definition) is 2. The standard InChI is InChI=1S/C52H39N3/c1-3-4-28-49-37(2)54(41-18-8-5-9-19-41)52(53-49)40-31-29-38(30-32-40)50-45-24-14-16-26-47(45)51(48-27-17-15-25-46(48)50)39-33-35-44(36-34-39)55(42-20-10-6-11-21-42)43-22-12-7-13-23-43/h3-36H,1H2,2H3/b28-4-. The molecule has 0 amide bonds. The van der Waals surface area contributed by atoms with Crippen molar-refractivity contribution in [3.05, 3.63) is 218 Å². The Morgan fingerprint density at radius 3 is 1.35 bits per heavy atom. The van der Waals surface area contributed by atoms with Gasteiger partial charge in [0.2, 0.25) is 0 Å². The van der Waals surface area contributed by atoms with Gasteiger partial charge >= 0.3 is 0 Å². The maximum Gasteiger partial charge on any atom is 0.145 e. The minimum atomic E-state index is 0.908. The highest BCUT2D eigenvalue weighted by Crippen LogP contribution is 2.45. The molecule has 3 nitrogen and oxygen atoms in total. The number of rotatable bonds is 9. The lowest BCUT2D eigenvalue weighted by atomic mass is 9.86. The molecule has 0 aliphatic rings. The van der Waals surface area contributed by atoms with E-state index in [1.54, 1.807) is 6.08 Å². The summed E-state index contributed by atoms with van der Waals surface area (Å²) in [6.45, 7) is 5.98. The van der Waals surface area contributed by atoms with Crippen LogP contribution in [0, 0.1) is 6.92 Å². The van der Waals surface area contributed by atoms with Crippen LogP contribution in [0.15, 0.2) is 207 Å². The van der Waals surface area contributed by atoms with E-state index in [1.807, 2.05) is 18.2 Å². The Morgan fingerprint density at radius 1 is 0.473 bits per heavy atom. The van der Waals surface area contributed by atoms with E-state index in [0.717, 1.165) is 45.5 Å². The summed E-state index contributed by atoms with van der Waals surface area (Å²) in [5.41, 5.74) is 12.3. The van der Waals surface area contributed by atoms with Gasteiger partial charge in [0, 0.05) is 34.0 Å². The van der Waals surface area contributed by atoms with E-state index < -0.39 is 0 Å². The van der Waals surface area contributed by atoms with Gasteiger partial charge in [0.15, 0.2) is 0 Å². The van der Waals surface area contributed by atoms with Crippen molar-refractivity contribution < 1.29 is 0 Å². The highest BCUT2D eigenvalue weighted by Gasteiger charge is 2.19. The molecule has 0 saturated heterocycles. The number of imidazole rings is 1. The summed E-state index contributed by atoms with van der Waals surface area (Å²) >= 11 is 0. The summed E-state index contributed by atoms with van der Waals surface area (Å²) in [5, 5.41) is 4.90. The van der Waals surface area contributed by atoms with Gasteiger partial charge in [0.1, 0.15) is 5.82 Å². The third-order valence-corrected chi connectivity index (χ3v) is 10.4. The summed E-state index contributed by atoms with van der Waals surface area (Å²) in [5.74, 6) is 0.908. The molecule has 0 radical (unpaired) electrons. The van der Waals surface area contributed by atoms with Crippen molar-refractivity contribution >= 4 is 44.7 Å². The lowest BCUT2D eigenvalue weighted by Crippen LogP contribution is -2.09. The van der Waals surface area contributed by atoms with Crippen molar-refractivity contribution in [3.8, 4) is 39.3 Å². The van der Waals surface area contributed by atoms with Gasteiger partial charge in [-0.3, -0.25) is 4.57 Å². The molecule has 262 valence electrons. The van der Waals surface area contributed by atoms with Crippen LogP contribution in [0.2, 0.25) is 0 Å². The first-order valence-electron chi connectivity index (χ1n) is 18.7. The second kappa shape index (κ2) is 14.7. The molecule has 0 aliphatic heterocycles. The minimum Gasteiger partial charge on any atom is -0.311 e. The lowest BCUT2D eigenvalue weighted by molar-refractivity contribution is 1.01. The molecule has 0 bridgehead atoms. The average Bonchev–Trinajstić information content (AvgIpc) is 3.58. The quantitative estimate of drug-likeness (QED) is 0.110. The van der Waals surface area contributed by atoms with Gasteiger partial charge in [-0.1, -0.05) is 158 Å². The van der Waals surface area contributed by atoms with E-state index in [1.165, 1.54) is 43.8 Å². The maximum absolute atomic E-state index is 5.12. The smallest absolute Gasteiger partial charge is 0.145 e. The number of hydrogen-bond donors (Lipinski definition) is 0. The van der Waals surface area contributed by atoms with E-state index in [9.17, 15) is 0 Å². The molecule has 0 fully saturated rings. The second-order valence-electron chi connectivity index (χ2n) is 13.6. The zero-order valence-corrected chi connectivity index (χ0v) is 30.7. The van der Waals surface area contributed by atoms with E-state index in [2.05, 4.69) is 205 Å². The normalized spacial score (nSPS) is 11.4. The highest BCUT2D eigenvalue weighted by atomic mass is 15.1. The summed E-state index contributed by atoms with van der Waals surface area (Å²) < 4.78 is 2.24. The van der Waals surface area contributed by atoms with E-state index >= 15 is 0 Å². The van der Waals surface area contributed by atoms with Crippen molar-refractivity contribution in [1.29, 1.82) is 0 Å². The van der Waals surface area contributed by atoms with Crippen LogP contribution >= 0.6 is 0 Å². The maximum atomic E-state index is 5.12. The van der Waals surface area contributed by atoms with Crippen LogP contribution in [0.4, 0.5) is 17.1 Å². The van der Waals surface area contributed by atoms with Gasteiger partial charge in [-0.25, -0.2) is 4.98 Å². The monoisotopic (exact) mass is 705 g/mol. The summed E-state index contributed by atoms with van der Waals surface area (Å²) in [6, 6.07) is 67.1. The zero-order chi connectivity index (χ0) is 37.1. The molecule has 1 heterocycles. The van der Waals surface area contributed by atoms with Crippen LogP contribution < -0.4 is 4.90 Å². The number of aromatic nitrogens is 2. The average molecular weight is 706 g/mol. The number of fused-ring (bicyclic) bond motifs is 2. The van der Waals surface area contributed by atoms with Crippen LogP contribution in [-0.2, 0) is 0 Å². The van der Waals surface area contributed by atoms with Crippen LogP contribution in [0.5, 0.6) is 0 Å². The molecular formula is C52H39N3. The molecule has 0 aliphatic carbocycles. The topological polar surface area (TPSA) is 21.1 Å². The van der Waals surface area contributed by atoms with Crippen molar-refractivity contribution in [2.45, 2.75) is 6.92 Å². The van der Waals surface area contributed by atoms with Crippen molar-refractivity contribution in [2.75, 3.05) is 4.90 Å². The third kappa shape index (κ3) is 6.22. The number of nitrogens with zero attached hydrogens (tertiary/aromatic N) is 3. The second-order valence-corrected chi connectivity index (χ2v) is 13.6. The zero-order valence-electron chi connectivity index (χ0n) is 30.7. The number of para-hydroxylation sites is 3. The molecule has 0 unspecified atom stereocenters. The predicted octanol–water partition coefficient (Wildman–Crippen LogP) is 14.2. The van der Waals surface area contributed by atoms with Gasteiger partial charge in [0.05, 0.1) is 5.69 Å². The van der Waals surface area contributed by atoms with Gasteiger partial charge in [-0.05, 0) is 105 Å². The molecule has 0 spiro atoms. The Balaban J connectivity index is 1.16. The number of anilines is 3. The fourth-order valence-electron chi connectivity index (χ4n) is 7.84. The Morgan fingerprint density at radius 2 is 0.873 bits per heavy atom. The van der Waals surface area contributed by atoms with Gasteiger partial charge in [-0.2, -0.15) is 0 Å². The first-order valence-corrected chi connectivity index (χ1v) is 18.7. The molecule has 55 heavy (non-hydrogen) atoms. The molecule has 0 saturated carbocycles. The van der Waals surface area contributed by atoms with Crippen molar-refractivity contribution in [2.24, 2.45) is 0 Å². The van der Waals surface area contributed by atoms with Gasteiger partial charge in [0.25, 0.3) is 0 Å². The summed E-state index contributed by atoms with van der Waals surface area (Å²) in [6.07, 6.45) is 5.75. The minimum absolute atomic E-state index is 0.908. The van der Waals surface area contributed by atoms with Crippen LogP contribution in [0.3, 0.4) is 0 Å². The molecular weight excluding hydrogens is 667 g/mol. The molecule has 9 aromatic rings. The third-order valence-electron chi connectivity index (χ3n) is 10.4. The van der Waals surface area contributed by atoms with Crippen LogP contribution in [0.25, 0.3) is 66.9 Å². The SMILES string of the molecule is C=C/C=C\c1nc(-c2ccc(-c3c4ccccc4c(-c4ccc(N(c5ccccc5)c5ccccc5)cc4)c4ccccc34)cc2)n(-c2ccccc2)c1C. The van der Waals surface area contributed by atoms with E-state index in [-0.39, 0.29) is 0 Å². The fraction of sp³-hybridized carbons (Fsp3) is 0.0192. The first kappa shape index (κ1) is 33.6. The molecule has 0 N–H and O–H groups in total. The van der Waals surface area contributed by atoms with Gasteiger partial charge in [-0.15, -0.1) is 0 Å². The van der Waals surface area contributed by atoms with Gasteiger partial charge < -0.3 is 4.90 Å². The Kier molecular flexibility index (Phi) is 8.95. The van der Waals surface area contributed by atoms with Crippen molar-refractivity contribution in [3.63, 3.8) is 0 Å². The lowest BCUT2D eigenvalue weighted by Gasteiger charge is -2.25. The molecule has 8 aromatic carbocycles. The number of allylic oxidation sites excluding steroid dienone is 2. The molecule has 0 atom stereocenters. The fourth-order valence-corrected chi connectivity index (χ4v) is 7.84. The van der Waals surface area contributed by atoms with Crippen LogP contribution in [0.1, 0.15) is 11.4 Å². The Hall–Kier alpha value is -7.23. The van der Waals surface area contributed by atoms with Crippen molar-refractivity contribution in [1.82, 2.24) is 9.55 Å². The summed E-state index contributed by atoms with van der Waals surface area (Å²) in [4.78, 5) is 7.42. The van der Waals surface area contributed by atoms with Crippen LogP contribution in [-0.4, -0.2) is 9.55 Å². The molecule has 3 heteroatoms. The van der Waals surface area contributed by atoms with E-state index in [0.29, 0.717) is 0 Å². The number of benzene rings is 8. The largest absolute Gasteiger partial charge is 0.311 e. The first-order chi connectivity index (χ1) is 27.2. The highest BCUT2D eigenvalue weighted by molar-refractivity contribution is 6.21. The predicted molar refractivity (Wildman–Crippen MR) is 234 cm³/mol.